The molecule has 0 saturated carbocycles. The van der Waals surface area contributed by atoms with E-state index in [-0.39, 0.29) is 11.8 Å². The van der Waals surface area contributed by atoms with Crippen molar-refractivity contribution >= 4 is 5.91 Å². The molecular formula is C11H24N4O. The summed E-state index contributed by atoms with van der Waals surface area (Å²) in [5, 5.41) is 5.20. The molecule has 1 fully saturated rings. The lowest BCUT2D eigenvalue weighted by atomic mass is 10.1. The first-order valence-corrected chi connectivity index (χ1v) is 6.08. The van der Waals surface area contributed by atoms with Crippen LogP contribution in [0, 0.1) is 5.92 Å². The highest BCUT2D eigenvalue weighted by atomic mass is 16.2. The van der Waals surface area contributed by atoms with Crippen molar-refractivity contribution in [3.05, 3.63) is 0 Å². The van der Waals surface area contributed by atoms with Crippen molar-refractivity contribution < 1.29 is 4.79 Å². The third kappa shape index (κ3) is 4.47. The van der Waals surface area contributed by atoms with E-state index >= 15 is 0 Å². The fraction of sp³-hybridized carbons (Fsp3) is 0.909. The van der Waals surface area contributed by atoms with Gasteiger partial charge in [-0.1, -0.05) is 13.8 Å². The number of likely N-dealkylation sites (N-methyl/N-ethyl adjacent to an activating group) is 1. The maximum Gasteiger partial charge on any atom is 0.238 e. The Kier molecular flexibility index (Phi) is 5.73. The second-order valence-electron chi connectivity index (χ2n) is 4.48. The van der Waals surface area contributed by atoms with Crippen molar-refractivity contribution in [2.45, 2.75) is 13.8 Å². The van der Waals surface area contributed by atoms with Crippen LogP contribution in [0.1, 0.15) is 13.8 Å². The minimum atomic E-state index is 0.0274. The Balaban J connectivity index is 2.22. The Morgan fingerprint density at radius 2 is 1.94 bits per heavy atom. The van der Waals surface area contributed by atoms with E-state index < -0.39 is 0 Å². The van der Waals surface area contributed by atoms with Crippen LogP contribution in [0.4, 0.5) is 0 Å². The fourth-order valence-electron chi connectivity index (χ4n) is 1.64. The summed E-state index contributed by atoms with van der Waals surface area (Å²) in [7, 11) is 2.10. The van der Waals surface area contributed by atoms with Crippen LogP contribution in [0.5, 0.6) is 0 Å². The van der Waals surface area contributed by atoms with Crippen LogP contribution in [-0.2, 0) is 4.79 Å². The molecule has 0 aliphatic carbocycles. The molecule has 1 aliphatic heterocycles. The minimum absolute atomic E-state index is 0.0274. The minimum Gasteiger partial charge on any atom is -0.316 e. The van der Waals surface area contributed by atoms with Gasteiger partial charge < -0.3 is 10.2 Å². The quantitative estimate of drug-likeness (QED) is 0.667. The molecule has 16 heavy (non-hydrogen) atoms. The van der Waals surface area contributed by atoms with Crippen molar-refractivity contribution in [2.75, 3.05) is 46.3 Å². The maximum atomic E-state index is 11.8. The first-order chi connectivity index (χ1) is 7.63. The van der Waals surface area contributed by atoms with E-state index in [1.807, 2.05) is 18.9 Å². The van der Waals surface area contributed by atoms with E-state index in [0.29, 0.717) is 0 Å². The van der Waals surface area contributed by atoms with Crippen molar-refractivity contribution in [3.63, 3.8) is 0 Å². The molecule has 94 valence electrons. The van der Waals surface area contributed by atoms with Gasteiger partial charge in [0, 0.05) is 38.6 Å². The van der Waals surface area contributed by atoms with Gasteiger partial charge in [0.05, 0.1) is 0 Å². The molecule has 1 aliphatic rings. The summed E-state index contributed by atoms with van der Waals surface area (Å²) in [5.41, 5.74) is 2.98. The Morgan fingerprint density at radius 1 is 1.31 bits per heavy atom. The van der Waals surface area contributed by atoms with Gasteiger partial charge in [-0.15, -0.1) is 0 Å². The molecule has 1 saturated heterocycles. The van der Waals surface area contributed by atoms with E-state index in [0.717, 1.165) is 39.3 Å². The zero-order chi connectivity index (χ0) is 12.0. The first kappa shape index (κ1) is 13.4. The molecule has 0 spiro atoms. The number of carbonyl (C=O) groups is 1. The van der Waals surface area contributed by atoms with Crippen molar-refractivity contribution in [2.24, 2.45) is 5.92 Å². The number of hydrazine groups is 1. The molecule has 1 heterocycles. The zero-order valence-corrected chi connectivity index (χ0v) is 10.6. The SMILES string of the molecule is CCNCC(C)C(=O)NN1CCN(C)CC1. The number of carbonyl (C=O) groups excluding carboxylic acids is 1. The lowest BCUT2D eigenvalue weighted by Crippen LogP contribution is -2.54. The smallest absolute Gasteiger partial charge is 0.238 e. The number of nitrogens with zero attached hydrogens (tertiary/aromatic N) is 2. The van der Waals surface area contributed by atoms with E-state index in [2.05, 4.69) is 22.7 Å². The van der Waals surface area contributed by atoms with Crippen molar-refractivity contribution in [1.29, 1.82) is 0 Å². The van der Waals surface area contributed by atoms with Crippen molar-refractivity contribution in [1.82, 2.24) is 20.7 Å². The predicted molar refractivity (Wildman–Crippen MR) is 64.9 cm³/mol. The molecule has 5 nitrogen and oxygen atoms in total. The molecular weight excluding hydrogens is 204 g/mol. The Morgan fingerprint density at radius 3 is 2.50 bits per heavy atom. The normalized spacial score (nSPS) is 20.7. The Bertz CT molecular complexity index is 214. The molecule has 1 amide bonds. The summed E-state index contributed by atoms with van der Waals surface area (Å²) in [6, 6.07) is 0. The fourth-order valence-corrected chi connectivity index (χ4v) is 1.64. The molecule has 1 atom stereocenters. The number of amides is 1. The monoisotopic (exact) mass is 228 g/mol. The molecule has 0 bridgehead atoms. The molecule has 5 heteroatoms. The average molecular weight is 228 g/mol. The number of rotatable bonds is 5. The summed E-state index contributed by atoms with van der Waals surface area (Å²) < 4.78 is 0. The van der Waals surface area contributed by atoms with Crippen LogP contribution >= 0.6 is 0 Å². The lowest BCUT2D eigenvalue weighted by molar-refractivity contribution is -0.130. The summed E-state index contributed by atoms with van der Waals surface area (Å²) in [6.07, 6.45) is 0. The van der Waals surface area contributed by atoms with Gasteiger partial charge in [-0.2, -0.15) is 0 Å². The third-order valence-corrected chi connectivity index (χ3v) is 2.92. The third-order valence-electron chi connectivity index (χ3n) is 2.92. The van der Waals surface area contributed by atoms with Gasteiger partial charge in [0.2, 0.25) is 5.91 Å². The molecule has 0 radical (unpaired) electrons. The summed E-state index contributed by atoms with van der Waals surface area (Å²) in [6.45, 7) is 9.51. The summed E-state index contributed by atoms with van der Waals surface area (Å²) >= 11 is 0. The predicted octanol–water partition coefficient (Wildman–Crippen LogP) is -0.489. The second kappa shape index (κ2) is 6.83. The highest BCUT2D eigenvalue weighted by molar-refractivity contribution is 5.77. The summed E-state index contributed by atoms with van der Waals surface area (Å²) in [4.78, 5) is 14.1. The van der Waals surface area contributed by atoms with Gasteiger partial charge >= 0.3 is 0 Å². The molecule has 0 aromatic carbocycles. The van der Waals surface area contributed by atoms with Crippen LogP contribution in [0.25, 0.3) is 0 Å². The topological polar surface area (TPSA) is 47.6 Å². The number of nitrogens with one attached hydrogen (secondary N) is 2. The lowest BCUT2D eigenvalue weighted by Gasteiger charge is -2.33. The van der Waals surface area contributed by atoms with Gasteiger partial charge in [0.25, 0.3) is 0 Å². The van der Waals surface area contributed by atoms with Crippen molar-refractivity contribution in [3.8, 4) is 0 Å². The number of hydrogen-bond acceptors (Lipinski definition) is 4. The Labute approximate surface area is 98.1 Å². The number of piperazine rings is 1. The maximum absolute atomic E-state index is 11.8. The second-order valence-corrected chi connectivity index (χ2v) is 4.48. The van der Waals surface area contributed by atoms with E-state index in [9.17, 15) is 4.79 Å². The molecule has 1 rings (SSSR count). The van der Waals surface area contributed by atoms with Crippen LogP contribution in [0.15, 0.2) is 0 Å². The van der Waals surface area contributed by atoms with Gasteiger partial charge in [0.15, 0.2) is 0 Å². The molecule has 2 N–H and O–H groups in total. The Hall–Kier alpha value is -0.650. The summed E-state index contributed by atoms with van der Waals surface area (Å²) in [5.74, 6) is 0.144. The van der Waals surface area contributed by atoms with Crippen LogP contribution in [-0.4, -0.2) is 62.1 Å². The van der Waals surface area contributed by atoms with Crippen LogP contribution in [0.3, 0.4) is 0 Å². The first-order valence-electron chi connectivity index (χ1n) is 6.08. The van der Waals surface area contributed by atoms with E-state index in [1.54, 1.807) is 0 Å². The van der Waals surface area contributed by atoms with Gasteiger partial charge in [-0.3, -0.25) is 10.2 Å². The molecule has 0 aromatic heterocycles. The largest absolute Gasteiger partial charge is 0.316 e. The van der Waals surface area contributed by atoms with Gasteiger partial charge in [-0.05, 0) is 13.6 Å². The standard InChI is InChI=1S/C11H24N4O/c1-4-12-9-10(2)11(16)13-15-7-5-14(3)6-8-15/h10,12H,4-9H2,1-3H3,(H,13,16). The number of hydrogen-bond donors (Lipinski definition) is 2. The van der Waals surface area contributed by atoms with Crippen LogP contribution in [0.2, 0.25) is 0 Å². The van der Waals surface area contributed by atoms with Crippen LogP contribution < -0.4 is 10.7 Å². The van der Waals surface area contributed by atoms with Gasteiger partial charge in [-0.25, -0.2) is 5.01 Å². The molecule has 1 unspecified atom stereocenters. The highest BCUT2D eigenvalue weighted by Gasteiger charge is 2.18. The molecule has 0 aromatic rings. The average Bonchev–Trinajstić information content (AvgIpc) is 2.29. The van der Waals surface area contributed by atoms with Gasteiger partial charge in [0.1, 0.15) is 0 Å². The van der Waals surface area contributed by atoms with E-state index in [1.165, 1.54) is 0 Å². The zero-order valence-electron chi connectivity index (χ0n) is 10.6. The highest BCUT2D eigenvalue weighted by Crippen LogP contribution is 1.98. The van der Waals surface area contributed by atoms with E-state index in [4.69, 9.17) is 0 Å².